The molecule has 0 N–H and O–H groups in total. The Morgan fingerprint density at radius 3 is 1.94 bits per heavy atom. The summed E-state index contributed by atoms with van der Waals surface area (Å²) < 4.78 is 0. The van der Waals surface area contributed by atoms with Crippen LogP contribution in [0.15, 0.2) is 0 Å². The predicted octanol–water partition coefficient (Wildman–Crippen LogP) is 3.35. The van der Waals surface area contributed by atoms with E-state index in [4.69, 9.17) is 23.2 Å². The molecule has 0 amide bonds. The molecule has 0 aliphatic heterocycles. The summed E-state index contributed by atoms with van der Waals surface area (Å²) in [5.41, 5.74) is -0.379. The van der Waals surface area contributed by atoms with E-state index in [1.807, 2.05) is 6.92 Å². The van der Waals surface area contributed by atoms with Gasteiger partial charge >= 0.3 is 0 Å². The van der Waals surface area contributed by atoms with Crippen molar-refractivity contribution < 1.29 is 9.59 Å². The van der Waals surface area contributed by atoms with E-state index in [2.05, 4.69) is 0 Å². The Morgan fingerprint density at radius 2 is 1.56 bits per heavy atom. The molecule has 0 radical (unpaired) electrons. The average Bonchev–Trinajstić information content (AvgIpc) is 2.15. The molecule has 2 saturated carbocycles. The molecule has 2 unspecified atom stereocenters. The number of rotatable bonds is 2. The first-order chi connectivity index (χ1) is 7.40. The summed E-state index contributed by atoms with van der Waals surface area (Å²) in [7, 11) is 0. The van der Waals surface area contributed by atoms with Crippen molar-refractivity contribution in [3.05, 3.63) is 0 Å². The van der Waals surface area contributed by atoms with E-state index in [9.17, 15) is 9.59 Å². The molecule has 0 spiro atoms. The van der Waals surface area contributed by atoms with Gasteiger partial charge in [-0.15, -0.1) is 0 Å². The van der Waals surface area contributed by atoms with Crippen LogP contribution in [-0.4, -0.2) is 10.5 Å². The van der Waals surface area contributed by atoms with Crippen LogP contribution in [0.5, 0.6) is 0 Å². The van der Waals surface area contributed by atoms with Crippen LogP contribution in [0.3, 0.4) is 0 Å². The van der Waals surface area contributed by atoms with Crippen molar-refractivity contribution in [3.8, 4) is 0 Å². The number of hydrogen-bond donors (Lipinski definition) is 0. The van der Waals surface area contributed by atoms with Crippen LogP contribution < -0.4 is 0 Å². The van der Waals surface area contributed by atoms with Gasteiger partial charge in [0.05, 0.1) is 0 Å². The fraction of sp³-hybridized carbons (Fsp3) is 0.833. The lowest BCUT2D eigenvalue weighted by molar-refractivity contribution is -0.126. The Morgan fingerprint density at radius 1 is 1.06 bits per heavy atom. The summed E-state index contributed by atoms with van der Waals surface area (Å²) >= 11 is 11.2. The fourth-order valence-electron chi connectivity index (χ4n) is 3.60. The van der Waals surface area contributed by atoms with Crippen molar-refractivity contribution in [1.82, 2.24) is 0 Å². The third-order valence-corrected chi connectivity index (χ3v) is 4.94. The van der Waals surface area contributed by atoms with Crippen LogP contribution in [0.4, 0.5) is 0 Å². The topological polar surface area (TPSA) is 34.1 Å². The van der Waals surface area contributed by atoms with E-state index in [0.29, 0.717) is 11.8 Å². The van der Waals surface area contributed by atoms with Crippen molar-refractivity contribution in [2.45, 2.75) is 39.0 Å². The average molecular weight is 263 g/mol. The van der Waals surface area contributed by atoms with Crippen molar-refractivity contribution in [2.75, 3.05) is 0 Å². The number of fused-ring (bicyclic) bond motifs is 2. The molecule has 90 valence electrons. The molecule has 2 fully saturated rings. The molecule has 0 saturated heterocycles. The third-order valence-electron chi connectivity index (χ3n) is 4.18. The van der Waals surface area contributed by atoms with Gasteiger partial charge in [-0.1, -0.05) is 6.92 Å². The highest BCUT2D eigenvalue weighted by molar-refractivity contribution is 6.64. The summed E-state index contributed by atoms with van der Waals surface area (Å²) in [6.07, 6.45) is 4.41. The maximum absolute atomic E-state index is 11.4. The van der Waals surface area contributed by atoms with E-state index >= 15 is 0 Å². The molecule has 2 nitrogen and oxygen atoms in total. The molecule has 2 aliphatic rings. The number of hydrogen-bond acceptors (Lipinski definition) is 2. The molecule has 0 aromatic carbocycles. The first-order valence-electron chi connectivity index (χ1n) is 5.80. The van der Waals surface area contributed by atoms with Crippen LogP contribution in [0.1, 0.15) is 39.0 Å². The zero-order valence-corrected chi connectivity index (χ0v) is 10.9. The summed E-state index contributed by atoms with van der Waals surface area (Å²) in [5.74, 6) is 0.876. The Labute approximate surface area is 106 Å². The van der Waals surface area contributed by atoms with Gasteiger partial charge in [0.2, 0.25) is 10.5 Å². The van der Waals surface area contributed by atoms with Crippen LogP contribution in [0.25, 0.3) is 0 Å². The van der Waals surface area contributed by atoms with Crippen molar-refractivity contribution in [2.24, 2.45) is 23.2 Å². The lowest BCUT2D eigenvalue weighted by atomic mass is 9.60. The largest absolute Gasteiger partial charge is 0.281 e. The molecule has 4 heteroatoms. The molecule has 16 heavy (non-hydrogen) atoms. The minimum atomic E-state index is -0.379. The van der Waals surface area contributed by atoms with E-state index < -0.39 is 0 Å². The first kappa shape index (κ1) is 12.4. The normalized spacial score (nSPS) is 42.8. The maximum Gasteiger partial charge on any atom is 0.227 e. The monoisotopic (exact) mass is 262 g/mol. The standard InChI is InChI=1S/C12H16Cl2O2/c1-12(11(14)16)5-7-2-8(6-12)4-9(3-7)10(13)15/h7-9H,2-6H2,1H3. The van der Waals surface area contributed by atoms with Gasteiger partial charge in [-0.3, -0.25) is 9.59 Å². The minimum Gasteiger partial charge on any atom is -0.281 e. The third kappa shape index (κ3) is 2.28. The number of carbonyl (C=O) groups is 2. The maximum atomic E-state index is 11.4. The molecular weight excluding hydrogens is 247 g/mol. The summed E-state index contributed by atoms with van der Waals surface area (Å²) in [4.78, 5) is 22.6. The SMILES string of the molecule is CC1(C(=O)Cl)CC2CC(CC(C(=O)Cl)C2)C1. The zero-order valence-electron chi connectivity index (χ0n) is 9.34. The summed E-state index contributed by atoms with van der Waals surface area (Å²) in [5, 5.41) is -0.437. The van der Waals surface area contributed by atoms with Crippen molar-refractivity contribution in [3.63, 3.8) is 0 Å². The molecule has 2 atom stereocenters. The van der Waals surface area contributed by atoms with Crippen LogP contribution in [0, 0.1) is 23.2 Å². The van der Waals surface area contributed by atoms with Gasteiger partial charge in [0.25, 0.3) is 0 Å². The molecule has 0 heterocycles. The zero-order chi connectivity index (χ0) is 11.9. The molecule has 0 aromatic heterocycles. The second kappa shape index (κ2) is 4.30. The van der Waals surface area contributed by atoms with Gasteiger partial charge in [0, 0.05) is 11.3 Å². The second-order valence-corrected chi connectivity index (χ2v) is 6.40. The molecular formula is C12H16Cl2O2. The quantitative estimate of drug-likeness (QED) is 0.716. The lowest BCUT2D eigenvalue weighted by Crippen LogP contribution is -2.40. The van der Waals surface area contributed by atoms with E-state index in [1.165, 1.54) is 0 Å². The van der Waals surface area contributed by atoms with Crippen LogP contribution in [0.2, 0.25) is 0 Å². The van der Waals surface area contributed by atoms with E-state index in [0.717, 1.165) is 32.1 Å². The Hall–Kier alpha value is -0.0800. The van der Waals surface area contributed by atoms with Gasteiger partial charge in [-0.2, -0.15) is 0 Å². The van der Waals surface area contributed by atoms with Gasteiger partial charge in [0.15, 0.2) is 0 Å². The molecule has 0 aromatic rings. The van der Waals surface area contributed by atoms with E-state index in [-0.39, 0.29) is 21.8 Å². The molecule has 2 aliphatic carbocycles. The number of halogens is 2. The Kier molecular flexibility index (Phi) is 3.33. The summed E-state index contributed by atoms with van der Waals surface area (Å²) in [6, 6.07) is 0. The van der Waals surface area contributed by atoms with E-state index in [1.54, 1.807) is 0 Å². The second-order valence-electron chi connectivity index (χ2n) is 5.68. The first-order valence-corrected chi connectivity index (χ1v) is 6.55. The molecule has 2 bridgehead atoms. The molecule has 2 rings (SSSR count). The van der Waals surface area contributed by atoms with Crippen molar-refractivity contribution in [1.29, 1.82) is 0 Å². The highest BCUT2D eigenvalue weighted by atomic mass is 35.5. The van der Waals surface area contributed by atoms with Gasteiger partial charge in [-0.05, 0) is 67.1 Å². The van der Waals surface area contributed by atoms with Gasteiger partial charge < -0.3 is 0 Å². The highest BCUT2D eigenvalue weighted by Crippen LogP contribution is 2.51. The predicted molar refractivity (Wildman–Crippen MR) is 63.4 cm³/mol. The van der Waals surface area contributed by atoms with Crippen LogP contribution >= 0.6 is 23.2 Å². The number of carbonyl (C=O) groups excluding carboxylic acids is 2. The van der Waals surface area contributed by atoms with Crippen LogP contribution in [-0.2, 0) is 9.59 Å². The minimum absolute atomic E-state index is 0.000365. The smallest absolute Gasteiger partial charge is 0.227 e. The Balaban J connectivity index is 2.11. The highest BCUT2D eigenvalue weighted by Gasteiger charge is 2.46. The fourth-order valence-corrected chi connectivity index (χ4v) is 3.93. The van der Waals surface area contributed by atoms with Gasteiger partial charge in [0.1, 0.15) is 0 Å². The lowest BCUT2D eigenvalue weighted by Gasteiger charge is -2.45. The van der Waals surface area contributed by atoms with Crippen molar-refractivity contribution >= 4 is 33.7 Å². The van der Waals surface area contributed by atoms with Gasteiger partial charge in [-0.25, -0.2) is 0 Å². The summed E-state index contributed by atoms with van der Waals surface area (Å²) in [6.45, 7) is 1.95. The Bertz CT molecular complexity index is 313.